The molecule has 4 aromatic rings. The molecule has 1 saturated carbocycles. The maximum atomic E-state index is 13.5. The van der Waals surface area contributed by atoms with Gasteiger partial charge < -0.3 is 10.6 Å². The lowest BCUT2D eigenvalue weighted by Gasteiger charge is -2.36. The minimum Gasteiger partial charge on any atom is -0.367 e. The van der Waals surface area contributed by atoms with Crippen molar-refractivity contribution in [3.63, 3.8) is 0 Å². The van der Waals surface area contributed by atoms with Gasteiger partial charge in [-0.3, -0.25) is 14.6 Å². The Morgan fingerprint density at radius 1 is 1.03 bits per heavy atom. The topological polar surface area (TPSA) is 125 Å². The summed E-state index contributed by atoms with van der Waals surface area (Å²) < 4.78 is 1.72. The van der Waals surface area contributed by atoms with E-state index in [0.29, 0.717) is 23.6 Å². The molecule has 10 nitrogen and oxygen atoms in total. The fraction of sp³-hybridized carbons (Fsp3) is 0.286. The molecule has 1 aliphatic rings. The van der Waals surface area contributed by atoms with Crippen molar-refractivity contribution >= 4 is 17.7 Å². The number of pyridine rings is 1. The Labute approximate surface area is 221 Å². The summed E-state index contributed by atoms with van der Waals surface area (Å²) in [5.74, 6) is 1.27. The predicted octanol–water partition coefficient (Wildman–Crippen LogP) is 4.28. The van der Waals surface area contributed by atoms with Gasteiger partial charge in [0.1, 0.15) is 11.9 Å². The maximum absolute atomic E-state index is 13.5. The van der Waals surface area contributed by atoms with Crippen molar-refractivity contribution < 1.29 is 4.79 Å². The zero-order valence-corrected chi connectivity index (χ0v) is 21.2. The van der Waals surface area contributed by atoms with E-state index < -0.39 is 0 Å². The largest absolute Gasteiger partial charge is 0.367 e. The molecule has 2 amide bonds. The Morgan fingerprint density at radius 2 is 1.84 bits per heavy atom. The molecule has 5 rings (SSSR count). The molecule has 3 aromatic heterocycles. The van der Waals surface area contributed by atoms with Gasteiger partial charge in [0.15, 0.2) is 5.82 Å². The maximum Gasteiger partial charge on any atom is 0.323 e. The van der Waals surface area contributed by atoms with Gasteiger partial charge in [0.25, 0.3) is 0 Å². The van der Waals surface area contributed by atoms with Gasteiger partial charge in [0.05, 0.1) is 29.8 Å². The van der Waals surface area contributed by atoms with Gasteiger partial charge in [-0.2, -0.15) is 10.4 Å². The number of amides is 2. The fourth-order valence-corrected chi connectivity index (χ4v) is 4.70. The van der Waals surface area contributed by atoms with Gasteiger partial charge in [0, 0.05) is 43.6 Å². The first-order chi connectivity index (χ1) is 18.6. The highest BCUT2D eigenvalue weighted by Gasteiger charge is 2.31. The summed E-state index contributed by atoms with van der Waals surface area (Å²) in [5.41, 5.74) is 3.14. The summed E-state index contributed by atoms with van der Waals surface area (Å²) in [5, 5.41) is 19.7. The fourth-order valence-electron chi connectivity index (χ4n) is 4.70. The zero-order chi connectivity index (χ0) is 26.3. The molecule has 0 saturated heterocycles. The van der Waals surface area contributed by atoms with Crippen LogP contribution in [0.5, 0.6) is 0 Å². The van der Waals surface area contributed by atoms with Crippen molar-refractivity contribution in [3.05, 3.63) is 84.6 Å². The van der Waals surface area contributed by atoms with Crippen LogP contribution in [0, 0.1) is 11.3 Å². The third-order valence-electron chi connectivity index (χ3n) is 6.70. The second-order valence-electron chi connectivity index (χ2n) is 9.37. The SMILES string of the molecule is Cn1cc(-c2cnc(N(C(=O)NCc3ccccc3)[C@H]3CC[C@H](Nc4ccc(C#N)cn4)CC3)cn2)cn1. The molecular formula is C28H29N9O. The molecule has 0 radical (unpaired) electrons. The van der Waals surface area contributed by atoms with Crippen LogP contribution in [-0.4, -0.2) is 42.8 Å². The molecule has 1 aliphatic carbocycles. The van der Waals surface area contributed by atoms with E-state index in [1.165, 1.54) is 0 Å². The number of hydrogen-bond donors (Lipinski definition) is 2. The van der Waals surface area contributed by atoms with E-state index in [2.05, 4.69) is 36.8 Å². The number of nitrogens with one attached hydrogen (secondary N) is 2. The van der Waals surface area contributed by atoms with E-state index in [4.69, 9.17) is 5.26 Å². The summed E-state index contributed by atoms with van der Waals surface area (Å²) in [6, 6.07) is 15.5. The van der Waals surface area contributed by atoms with Crippen LogP contribution in [0.15, 0.2) is 73.4 Å². The molecule has 0 atom stereocenters. The number of rotatable bonds is 7. The molecule has 0 aliphatic heterocycles. The van der Waals surface area contributed by atoms with Crippen LogP contribution in [0.1, 0.15) is 36.8 Å². The molecule has 0 bridgehead atoms. The van der Waals surface area contributed by atoms with Crippen LogP contribution in [0.2, 0.25) is 0 Å². The number of hydrogen-bond acceptors (Lipinski definition) is 7. The smallest absolute Gasteiger partial charge is 0.323 e. The average molecular weight is 508 g/mol. The molecule has 192 valence electrons. The van der Waals surface area contributed by atoms with Crippen molar-refractivity contribution in [1.82, 2.24) is 30.0 Å². The van der Waals surface area contributed by atoms with Crippen LogP contribution in [0.25, 0.3) is 11.3 Å². The Bertz CT molecular complexity index is 1390. The highest BCUT2D eigenvalue weighted by Crippen LogP contribution is 2.29. The standard InChI is InChI=1S/C28H29N9O/c1-36-19-22(16-34-36)25-17-32-27(18-30-25)37(28(38)33-14-20-5-3-2-4-6-20)24-10-8-23(9-11-24)35-26-12-7-21(13-29)15-31-26/h2-7,12,15-19,23-24H,8-11,14H2,1H3,(H,31,35)(H,33,38)/t23-,24-. The normalized spacial score (nSPS) is 16.8. The highest BCUT2D eigenvalue weighted by molar-refractivity contribution is 5.91. The summed E-state index contributed by atoms with van der Waals surface area (Å²) >= 11 is 0. The molecule has 1 fully saturated rings. The van der Waals surface area contributed by atoms with E-state index in [9.17, 15) is 4.79 Å². The summed E-state index contributed by atoms with van der Waals surface area (Å²) in [6.45, 7) is 0.429. The van der Waals surface area contributed by atoms with E-state index >= 15 is 0 Å². The number of carbonyl (C=O) groups is 1. The van der Waals surface area contributed by atoms with Gasteiger partial charge in [-0.15, -0.1) is 0 Å². The molecule has 3 heterocycles. The number of anilines is 2. The molecule has 1 aromatic carbocycles. The van der Waals surface area contributed by atoms with E-state index in [0.717, 1.165) is 42.6 Å². The molecule has 0 unspecified atom stereocenters. The lowest BCUT2D eigenvalue weighted by Crippen LogP contribution is -2.49. The van der Waals surface area contributed by atoms with E-state index in [1.807, 2.05) is 49.6 Å². The predicted molar refractivity (Wildman–Crippen MR) is 144 cm³/mol. The Hall–Kier alpha value is -4.78. The third-order valence-corrected chi connectivity index (χ3v) is 6.70. The number of nitriles is 1. The van der Waals surface area contributed by atoms with E-state index in [1.54, 1.807) is 40.4 Å². The number of nitrogens with zero attached hydrogens (tertiary/aromatic N) is 7. The number of aryl methyl sites for hydroxylation is 1. The Balaban J connectivity index is 1.29. The van der Waals surface area contributed by atoms with Crippen molar-refractivity contribution in [2.45, 2.75) is 44.3 Å². The van der Waals surface area contributed by atoms with Gasteiger partial charge in [0.2, 0.25) is 0 Å². The first-order valence-corrected chi connectivity index (χ1v) is 12.6. The number of carbonyl (C=O) groups excluding carboxylic acids is 1. The first kappa shape index (κ1) is 24.9. The quantitative estimate of drug-likeness (QED) is 0.382. The van der Waals surface area contributed by atoms with Crippen LogP contribution in [0.3, 0.4) is 0 Å². The monoisotopic (exact) mass is 507 g/mol. The lowest BCUT2D eigenvalue weighted by atomic mass is 9.90. The van der Waals surface area contributed by atoms with Gasteiger partial charge in [-0.1, -0.05) is 30.3 Å². The van der Waals surface area contributed by atoms with E-state index in [-0.39, 0.29) is 18.1 Å². The second kappa shape index (κ2) is 11.5. The second-order valence-corrected chi connectivity index (χ2v) is 9.37. The van der Waals surface area contributed by atoms with Crippen molar-refractivity contribution in [2.24, 2.45) is 7.05 Å². The van der Waals surface area contributed by atoms with Crippen LogP contribution < -0.4 is 15.5 Å². The summed E-state index contributed by atoms with van der Waals surface area (Å²) in [7, 11) is 1.85. The minimum absolute atomic E-state index is 0.0173. The molecule has 2 N–H and O–H groups in total. The first-order valence-electron chi connectivity index (χ1n) is 12.6. The Kier molecular flexibility index (Phi) is 7.54. The third kappa shape index (κ3) is 5.95. The molecule has 38 heavy (non-hydrogen) atoms. The number of urea groups is 1. The lowest BCUT2D eigenvalue weighted by molar-refractivity contribution is 0.240. The van der Waals surface area contributed by atoms with Crippen LogP contribution >= 0.6 is 0 Å². The molecule has 0 spiro atoms. The zero-order valence-electron chi connectivity index (χ0n) is 21.2. The van der Waals surface area contributed by atoms with Gasteiger partial charge in [-0.05, 0) is 43.4 Å². The number of benzene rings is 1. The highest BCUT2D eigenvalue weighted by atomic mass is 16.2. The van der Waals surface area contributed by atoms with Gasteiger partial charge >= 0.3 is 6.03 Å². The summed E-state index contributed by atoms with van der Waals surface area (Å²) in [4.78, 5) is 28.8. The number of aromatic nitrogens is 5. The van der Waals surface area contributed by atoms with Crippen LogP contribution in [0.4, 0.5) is 16.4 Å². The minimum atomic E-state index is -0.192. The van der Waals surface area contributed by atoms with Crippen LogP contribution in [-0.2, 0) is 13.6 Å². The summed E-state index contributed by atoms with van der Waals surface area (Å²) in [6.07, 6.45) is 11.9. The Morgan fingerprint density at radius 3 is 2.47 bits per heavy atom. The average Bonchev–Trinajstić information content (AvgIpc) is 3.40. The van der Waals surface area contributed by atoms with Crippen molar-refractivity contribution in [1.29, 1.82) is 5.26 Å². The van der Waals surface area contributed by atoms with Gasteiger partial charge in [-0.25, -0.2) is 14.8 Å². The molecular weight excluding hydrogens is 478 g/mol. The van der Waals surface area contributed by atoms with Crippen molar-refractivity contribution in [3.8, 4) is 17.3 Å². The van der Waals surface area contributed by atoms with Crippen molar-refractivity contribution in [2.75, 3.05) is 10.2 Å². The molecule has 10 heteroatoms.